The van der Waals surface area contributed by atoms with Crippen molar-refractivity contribution in [1.82, 2.24) is 0 Å². The fourth-order valence-corrected chi connectivity index (χ4v) is 3.75. The van der Waals surface area contributed by atoms with Gasteiger partial charge in [0.2, 0.25) is 0 Å². The molecule has 2 N–H and O–H groups in total. The molecule has 118 valence electrons. The van der Waals surface area contributed by atoms with E-state index in [0.29, 0.717) is 49.9 Å². The van der Waals surface area contributed by atoms with E-state index in [1.165, 1.54) is 0 Å². The van der Waals surface area contributed by atoms with Gasteiger partial charge in [0, 0.05) is 44.5 Å². The number of halogens is 2. The van der Waals surface area contributed by atoms with Gasteiger partial charge in [-0.25, -0.2) is 0 Å². The van der Waals surface area contributed by atoms with Crippen molar-refractivity contribution in [1.29, 1.82) is 0 Å². The number of rotatable bonds is 4. The molecule has 4 nitrogen and oxygen atoms in total. The van der Waals surface area contributed by atoms with Crippen LogP contribution in [0.25, 0.3) is 0 Å². The van der Waals surface area contributed by atoms with Gasteiger partial charge in [-0.05, 0) is 24.6 Å². The second kappa shape index (κ2) is 6.55. The van der Waals surface area contributed by atoms with Crippen LogP contribution < -0.4 is 5.32 Å². The van der Waals surface area contributed by atoms with Crippen molar-refractivity contribution in [3.05, 3.63) is 61.5 Å². The van der Waals surface area contributed by atoms with Crippen molar-refractivity contribution in [3.8, 4) is 0 Å². The first-order chi connectivity index (χ1) is 11.1. The van der Waals surface area contributed by atoms with Crippen LogP contribution in [0.4, 0.5) is 5.69 Å². The maximum Gasteiger partial charge on any atom is 0.197 e. The van der Waals surface area contributed by atoms with E-state index in [2.05, 4.69) is 37.2 Å². The molecule has 0 saturated heterocycles. The molecule has 0 fully saturated rings. The van der Waals surface area contributed by atoms with Crippen molar-refractivity contribution in [2.75, 3.05) is 18.5 Å². The summed E-state index contributed by atoms with van der Waals surface area (Å²) in [4.78, 5) is 25.8. The van der Waals surface area contributed by atoms with Crippen LogP contribution in [0.3, 0.4) is 0 Å². The molecule has 3 rings (SSSR count). The Morgan fingerprint density at radius 1 is 0.913 bits per heavy atom. The van der Waals surface area contributed by atoms with Crippen molar-refractivity contribution in [3.63, 3.8) is 0 Å². The Bertz CT molecular complexity index is 818. The molecule has 2 aromatic rings. The zero-order chi connectivity index (χ0) is 16.6. The summed E-state index contributed by atoms with van der Waals surface area (Å²) in [5.41, 5.74) is 2.17. The SMILES string of the molecule is O=C1c2cccc(Br)c2C(=O)c2c(NCCCO)ccc(Br)c21. The molecular weight excluding hydrogens is 426 g/mol. The fourth-order valence-electron chi connectivity index (χ4n) is 2.69. The zero-order valence-electron chi connectivity index (χ0n) is 12.0. The molecule has 0 atom stereocenters. The van der Waals surface area contributed by atoms with Crippen LogP contribution in [-0.4, -0.2) is 29.8 Å². The second-order valence-electron chi connectivity index (χ2n) is 5.17. The summed E-state index contributed by atoms with van der Waals surface area (Å²) in [6, 6.07) is 8.70. The van der Waals surface area contributed by atoms with E-state index in [-0.39, 0.29) is 18.2 Å². The molecule has 0 radical (unpaired) electrons. The lowest BCUT2D eigenvalue weighted by Gasteiger charge is -2.22. The third-order valence-electron chi connectivity index (χ3n) is 3.74. The number of hydrogen-bond donors (Lipinski definition) is 2. The third kappa shape index (κ3) is 2.75. The highest BCUT2D eigenvalue weighted by molar-refractivity contribution is 9.10. The van der Waals surface area contributed by atoms with Gasteiger partial charge in [0.25, 0.3) is 0 Å². The number of carbonyl (C=O) groups excluding carboxylic acids is 2. The average molecular weight is 439 g/mol. The van der Waals surface area contributed by atoms with Crippen LogP contribution in [-0.2, 0) is 0 Å². The molecule has 0 amide bonds. The minimum Gasteiger partial charge on any atom is -0.396 e. The number of carbonyl (C=O) groups is 2. The summed E-state index contributed by atoms with van der Waals surface area (Å²) in [6.45, 7) is 0.585. The van der Waals surface area contributed by atoms with Crippen LogP contribution in [0.5, 0.6) is 0 Å². The monoisotopic (exact) mass is 437 g/mol. The van der Waals surface area contributed by atoms with E-state index in [1.54, 1.807) is 30.3 Å². The Labute approximate surface area is 150 Å². The van der Waals surface area contributed by atoms with Crippen molar-refractivity contribution in [2.45, 2.75) is 6.42 Å². The molecule has 0 spiro atoms. The number of anilines is 1. The van der Waals surface area contributed by atoms with E-state index in [0.717, 1.165) is 0 Å². The first-order valence-corrected chi connectivity index (χ1v) is 8.70. The highest BCUT2D eigenvalue weighted by Crippen LogP contribution is 2.38. The van der Waals surface area contributed by atoms with Crippen LogP contribution in [0.2, 0.25) is 0 Å². The largest absolute Gasteiger partial charge is 0.396 e. The van der Waals surface area contributed by atoms with E-state index >= 15 is 0 Å². The standard InChI is InChI=1S/C17H13Br2NO3/c18-10-4-1-3-9-13(10)17(23)15-12(20-7-2-8-21)6-5-11(19)14(15)16(9)22/h1,3-6,20-21H,2,7-8H2. The van der Waals surface area contributed by atoms with Crippen LogP contribution in [0.1, 0.15) is 38.3 Å². The summed E-state index contributed by atoms with van der Waals surface area (Å²) in [5, 5.41) is 12.0. The first kappa shape index (κ1) is 16.4. The van der Waals surface area contributed by atoms with E-state index in [9.17, 15) is 9.59 Å². The van der Waals surface area contributed by atoms with Crippen LogP contribution in [0, 0.1) is 0 Å². The van der Waals surface area contributed by atoms with Gasteiger partial charge < -0.3 is 10.4 Å². The van der Waals surface area contributed by atoms with E-state index < -0.39 is 0 Å². The molecule has 0 aromatic heterocycles. The number of aliphatic hydroxyl groups is 1. The highest BCUT2D eigenvalue weighted by Gasteiger charge is 2.34. The molecule has 1 aliphatic rings. The number of hydrogen-bond acceptors (Lipinski definition) is 4. The lowest BCUT2D eigenvalue weighted by molar-refractivity contribution is 0.0978. The molecule has 2 aromatic carbocycles. The maximum absolute atomic E-state index is 13.0. The second-order valence-corrected chi connectivity index (χ2v) is 6.88. The Hall–Kier alpha value is -1.50. The molecule has 6 heteroatoms. The Morgan fingerprint density at radius 2 is 1.65 bits per heavy atom. The predicted molar refractivity (Wildman–Crippen MR) is 95.3 cm³/mol. The zero-order valence-corrected chi connectivity index (χ0v) is 15.2. The normalized spacial score (nSPS) is 12.8. The van der Waals surface area contributed by atoms with Gasteiger partial charge >= 0.3 is 0 Å². The third-order valence-corrected chi connectivity index (χ3v) is 5.07. The smallest absolute Gasteiger partial charge is 0.197 e. The van der Waals surface area contributed by atoms with Gasteiger partial charge in [0.1, 0.15) is 0 Å². The molecule has 0 bridgehead atoms. The number of ketones is 2. The van der Waals surface area contributed by atoms with Gasteiger partial charge in [-0.1, -0.05) is 44.0 Å². The van der Waals surface area contributed by atoms with Crippen molar-refractivity contribution in [2.24, 2.45) is 0 Å². The summed E-state index contributed by atoms with van der Waals surface area (Å²) < 4.78 is 1.21. The van der Waals surface area contributed by atoms with Crippen molar-refractivity contribution >= 4 is 49.1 Å². The number of fused-ring (bicyclic) bond motifs is 2. The van der Waals surface area contributed by atoms with Crippen LogP contribution in [0.15, 0.2) is 39.3 Å². The Balaban J connectivity index is 2.18. The summed E-state index contributed by atoms with van der Waals surface area (Å²) in [7, 11) is 0. The minimum absolute atomic E-state index is 0.0625. The van der Waals surface area contributed by atoms with Gasteiger partial charge in [0.15, 0.2) is 11.6 Å². The topological polar surface area (TPSA) is 66.4 Å². The maximum atomic E-state index is 13.0. The van der Waals surface area contributed by atoms with Gasteiger partial charge in [0.05, 0.1) is 5.56 Å². The molecule has 0 aliphatic heterocycles. The van der Waals surface area contributed by atoms with Gasteiger partial charge in [-0.3, -0.25) is 9.59 Å². The van der Waals surface area contributed by atoms with E-state index in [4.69, 9.17) is 5.11 Å². The molecule has 23 heavy (non-hydrogen) atoms. The minimum atomic E-state index is -0.185. The van der Waals surface area contributed by atoms with E-state index in [1.807, 2.05) is 0 Å². The molecule has 1 aliphatic carbocycles. The Kier molecular flexibility index (Phi) is 4.66. The molecule has 0 unspecified atom stereocenters. The van der Waals surface area contributed by atoms with Crippen LogP contribution >= 0.6 is 31.9 Å². The lowest BCUT2D eigenvalue weighted by atomic mass is 9.83. The summed E-state index contributed by atoms with van der Waals surface area (Å²) in [6.07, 6.45) is 0.563. The Morgan fingerprint density at radius 3 is 2.39 bits per heavy atom. The summed E-state index contributed by atoms with van der Waals surface area (Å²) in [5.74, 6) is -0.358. The highest BCUT2D eigenvalue weighted by atomic mass is 79.9. The lowest BCUT2D eigenvalue weighted by Crippen LogP contribution is -2.24. The fraction of sp³-hybridized carbons (Fsp3) is 0.176. The number of aliphatic hydroxyl groups excluding tert-OH is 1. The predicted octanol–water partition coefficient (Wildman–Crippen LogP) is 3.78. The molecular formula is C17H13Br2NO3. The first-order valence-electron chi connectivity index (χ1n) is 7.11. The summed E-state index contributed by atoms with van der Waals surface area (Å²) >= 11 is 6.75. The molecule has 0 saturated carbocycles. The van der Waals surface area contributed by atoms with Crippen molar-refractivity contribution < 1.29 is 14.7 Å². The van der Waals surface area contributed by atoms with Gasteiger partial charge in [-0.2, -0.15) is 0 Å². The molecule has 0 heterocycles. The number of nitrogens with one attached hydrogen (secondary N) is 1. The average Bonchev–Trinajstić information content (AvgIpc) is 2.53. The van der Waals surface area contributed by atoms with Gasteiger partial charge in [-0.15, -0.1) is 0 Å². The number of benzene rings is 2. The quantitative estimate of drug-likeness (QED) is 0.608.